The first-order chi connectivity index (χ1) is 7.70. The average Bonchev–Trinajstić information content (AvgIpc) is 2.29. The molecular weight excluding hydrogens is 209 g/mol. The lowest BCUT2D eigenvalue weighted by Gasteiger charge is -2.21. The molecule has 0 aliphatic carbocycles. The minimum atomic E-state index is -1.25. The van der Waals surface area contributed by atoms with Crippen molar-refractivity contribution >= 4 is 13.1 Å². The number of hydrogen-bond acceptors (Lipinski definition) is 5. The summed E-state index contributed by atoms with van der Waals surface area (Å²) in [6.45, 7) is 1.25. The monoisotopic (exact) mass is 229 g/mol. The van der Waals surface area contributed by atoms with Crippen LogP contribution in [-0.2, 0) is 9.53 Å². The molecule has 0 spiro atoms. The van der Waals surface area contributed by atoms with Gasteiger partial charge in [0.25, 0.3) is 0 Å². The van der Waals surface area contributed by atoms with E-state index >= 15 is 0 Å². The van der Waals surface area contributed by atoms with Crippen LogP contribution in [0.3, 0.4) is 0 Å². The summed E-state index contributed by atoms with van der Waals surface area (Å²) in [4.78, 5) is 11.5. The molecule has 1 aliphatic rings. The van der Waals surface area contributed by atoms with Gasteiger partial charge in [0, 0.05) is 0 Å². The maximum atomic E-state index is 11.5. The third-order valence-electron chi connectivity index (χ3n) is 2.70. The average molecular weight is 229 g/mol. The first-order valence-corrected chi connectivity index (χ1v) is 5.96. The largest absolute Gasteiger partial charge is 0.465 e. The van der Waals surface area contributed by atoms with Crippen LogP contribution in [0.25, 0.3) is 0 Å². The molecule has 1 rings (SSSR count). The van der Waals surface area contributed by atoms with Crippen LogP contribution in [-0.4, -0.2) is 42.3 Å². The van der Waals surface area contributed by atoms with Crippen LogP contribution >= 0.6 is 0 Å². The molecule has 0 aromatic carbocycles. The highest BCUT2D eigenvalue weighted by molar-refractivity contribution is 6.40. The van der Waals surface area contributed by atoms with Gasteiger partial charge in [-0.15, -0.1) is 0 Å². The van der Waals surface area contributed by atoms with Gasteiger partial charge in [-0.2, -0.15) is 0 Å². The minimum Gasteiger partial charge on any atom is -0.465 e. The predicted octanol–water partition coefficient (Wildman–Crippen LogP) is -0.0753. The van der Waals surface area contributed by atoms with Crippen molar-refractivity contribution < 1.29 is 19.6 Å². The lowest BCUT2D eigenvalue weighted by atomic mass is 9.84. The summed E-state index contributed by atoms with van der Waals surface area (Å²) < 4.78 is 5.10. The summed E-state index contributed by atoms with van der Waals surface area (Å²) in [5.41, 5.74) is 0. The fraction of sp³-hybridized carbons (Fsp3) is 0.900. The molecule has 6 heteroatoms. The second kappa shape index (κ2) is 7.65. The zero-order valence-electron chi connectivity index (χ0n) is 9.52. The zero-order chi connectivity index (χ0) is 11.8. The first kappa shape index (κ1) is 13.5. The Kier molecular flexibility index (Phi) is 6.44. The highest BCUT2D eigenvalue weighted by Crippen LogP contribution is 2.08. The Labute approximate surface area is 96.3 Å². The summed E-state index contributed by atoms with van der Waals surface area (Å²) in [5.74, 6) is -0.177. The van der Waals surface area contributed by atoms with Crippen LogP contribution in [0.4, 0.5) is 0 Å². The van der Waals surface area contributed by atoms with Crippen molar-refractivity contribution in [3.05, 3.63) is 0 Å². The summed E-state index contributed by atoms with van der Waals surface area (Å²) >= 11 is 0. The van der Waals surface area contributed by atoms with E-state index in [1.807, 2.05) is 0 Å². The standard InChI is InChI=1S/C10H20BNO4/c13-10(9-5-1-3-7-12-9)16-8-4-2-6-11(14)15/h9,12,14-15H,1-8H2. The predicted molar refractivity (Wildman–Crippen MR) is 60.8 cm³/mol. The minimum absolute atomic E-state index is 0.141. The number of nitrogens with one attached hydrogen (secondary N) is 1. The molecule has 1 saturated heterocycles. The van der Waals surface area contributed by atoms with Gasteiger partial charge in [0.2, 0.25) is 0 Å². The molecule has 5 nitrogen and oxygen atoms in total. The normalized spacial score (nSPS) is 20.5. The molecule has 1 unspecified atom stereocenters. The Balaban J connectivity index is 2.01. The number of unbranched alkanes of at least 4 members (excludes halogenated alkanes) is 1. The molecule has 1 aliphatic heterocycles. The molecule has 1 atom stereocenters. The van der Waals surface area contributed by atoms with Gasteiger partial charge < -0.3 is 20.1 Å². The Hall–Kier alpha value is -0.585. The van der Waals surface area contributed by atoms with Gasteiger partial charge in [-0.25, -0.2) is 0 Å². The maximum absolute atomic E-state index is 11.5. The number of ether oxygens (including phenoxy) is 1. The molecule has 16 heavy (non-hydrogen) atoms. The fourth-order valence-electron chi connectivity index (χ4n) is 1.76. The van der Waals surface area contributed by atoms with Crippen molar-refractivity contribution in [3.63, 3.8) is 0 Å². The Morgan fingerprint density at radius 1 is 1.38 bits per heavy atom. The van der Waals surface area contributed by atoms with Gasteiger partial charge in [-0.05, 0) is 32.1 Å². The number of hydrogen-bond donors (Lipinski definition) is 3. The van der Waals surface area contributed by atoms with Gasteiger partial charge in [0.15, 0.2) is 0 Å². The summed E-state index contributed by atoms with van der Waals surface area (Å²) in [7, 11) is -1.25. The van der Waals surface area contributed by atoms with E-state index in [9.17, 15) is 4.79 Å². The van der Waals surface area contributed by atoms with E-state index in [0.717, 1.165) is 25.8 Å². The van der Waals surface area contributed by atoms with Gasteiger partial charge in [0.05, 0.1) is 6.61 Å². The Morgan fingerprint density at radius 2 is 2.19 bits per heavy atom. The van der Waals surface area contributed by atoms with Crippen molar-refractivity contribution in [2.75, 3.05) is 13.2 Å². The molecule has 1 heterocycles. The van der Waals surface area contributed by atoms with Crippen molar-refractivity contribution in [1.29, 1.82) is 0 Å². The molecule has 0 radical (unpaired) electrons. The quantitative estimate of drug-likeness (QED) is 0.337. The second-order valence-electron chi connectivity index (χ2n) is 4.15. The van der Waals surface area contributed by atoms with Crippen LogP contribution in [0.1, 0.15) is 32.1 Å². The molecule has 0 amide bonds. The van der Waals surface area contributed by atoms with Crippen molar-refractivity contribution in [2.45, 2.75) is 44.5 Å². The first-order valence-electron chi connectivity index (χ1n) is 5.96. The third kappa shape index (κ3) is 5.49. The van der Waals surface area contributed by atoms with E-state index in [0.29, 0.717) is 25.8 Å². The second-order valence-corrected chi connectivity index (χ2v) is 4.15. The van der Waals surface area contributed by atoms with Crippen LogP contribution in [0.5, 0.6) is 0 Å². The van der Waals surface area contributed by atoms with Crippen molar-refractivity contribution in [1.82, 2.24) is 5.32 Å². The van der Waals surface area contributed by atoms with E-state index in [-0.39, 0.29) is 12.0 Å². The fourth-order valence-corrected chi connectivity index (χ4v) is 1.76. The molecular formula is C10H20BNO4. The van der Waals surface area contributed by atoms with Crippen molar-refractivity contribution in [3.8, 4) is 0 Å². The maximum Gasteiger partial charge on any atom is 0.451 e. The van der Waals surface area contributed by atoms with Gasteiger partial charge in [-0.3, -0.25) is 4.79 Å². The van der Waals surface area contributed by atoms with Gasteiger partial charge in [-0.1, -0.05) is 12.8 Å². The van der Waals surface area contributed by atoms with Crippen LogP contribution in [0.2, 0.25) is 6.32 Å². The number of rotatable bonds is 6. The van der Waals surface area contributed by atoms with Crippen LogP contribution < -0.4 is 5.32 Å². The molecule has 92 valence electrons. The number of carbonyl (C=O) groups excluding carboxylic acids is 1. The summed E-state index contributed by atoms with van der Waals surface area (Å²) in [5, 5.41) is 20.3. The van der Waals surface area contributed by atoms with E-state index < -0.39 is 7.12 Å². The molecule has 3 N–H and O–H groups in total. The van der Waals surface area contributed by atoms with Crippen molar-refractivity contribution in [2.24, 2.45) is 0 Å². The number of carbonyl (C=O) groups is 1. The van der Waals surface area contributed by atoms with Crippen LogP contribution in [0, 0.1) is 0 Å². The zero-order valence-corrected chi connectivity index (χ0v) is 9.52. The topological polar surface area (TPSA) is 78.8 Å². The molecule has 0 aromatic rings. The van der Waals surface area contributed by atoms with Gasteiger partial charge >= 0.3 is 13.1 Å². The van der Waals surface area contributed by atoms with Gasteiger partial charge in [0.1, 0.15) is 6.04 Å². The highest BCUT2D eigenvalue weighted by Gasteiger charge is 2.21. The van der Waals surface area contributed by atoms with Crippen LogP contribution in [0.15, 0.2) is 0 Å². The lowest BCUT2D eigenvalue weighted by molar-refractivity contribution is -0.146. The Bertz CT molecular complexity index is 207. The van der Waals surface area contributed by atoms with E-state index in [2.05, 4.69) is 5.32 Å². The number of esters is 1. The van der Waals surface area contributed by atoms with E-state index in [1.54, 1.807) is 0 Å². The molecule has 1 fully saturated rings. The highest BCUT2D eigenvalue weighted by atomic mass is 16.5. The number of piperidine rings is 1. The molecule has 0 aromatic heterocycles. The lowest BCUT2D eigenvalue weighted by Crippen LogP contribution is -2.41. The SMILES string of the molecule is O=C(OCCCCB(O)O)C1CCCCN1. The Morgan fingerprint density at radius 3 is 2.81 bits per heavy atom. The smallest absolute Gasteiger partial charge is 0.451 e. The van der Waals surface area contributed by atoms with E-state index in [4.69, 9.17) is 14.8 Å². The third-order valence-corrected chi connectivity index (χ3v) is 2.70. The summed E-state index contributed by atoms with van der Waals surface area (Å²) in [6.07, 6.45) is 4.72. The van der Waals surface area contributed by atoms with E-state index in [1.165, 1.54) is 0 Å². The molecule has 0 bridgehead atoms. The molecule has 0 saturated carbocycles. The summed E-state index contributed by atoms with van der Waals surface area (Å²) in [6, 6.07) is -0.141.